The number of fused-ring (bicyclic) bond motifs is 1. The predicted octanol–water partition coefficient (Wildman–Crippen LogP) is 4.14. The number of rotatable bonds is 4. The van der Waals surface area contributed by atoms with E-state index in [0.717, 1.165) is 34.5 Å². The van der Waals surface area contributed by atoms with E-state index in [4.69, 9.17) is 9.47 Å². The van der Waals surface area contributed by atoms with Gasteiger partial charge in [0, 0.05) is 34.8 Å². The van der Waals surface area contributed by atoms with Gasteiger partial charge in [0.05, 0.1) is 13.7 Å². The lowest BCUT2D eigenvalue weighted by atomic mass is 10.1. The summed E-state index contributed by atoms with van der Waals surface area (Å²) in [5.41, 5.74) is 3.11. The lowest BCUT2D eigenvalue weighted by Gasteiger charge is -2.12. The molecule has 3 nitrogen and oxygen atoms in total. The van der Waals surface area contributed by atoms with Crippen molar-refractivity contribution in [3.63, 3.8) is 0 Å². The van der Waals surface area contributed by atoms with E-state index in [2.05, 4.69) is 27.3 Å². The summed E-state index contributed by atoms with van der Waals surface area (Å²) in [6.07, 6.45) is 0.937. The maximum absolute atomic E-state index is 13.4. The fourth-order valence-electron chi connectivity index (χ4n) is 2.44. The molecule has 2 aromatic rings. The molecule has 0 saturated carbocycles. The highest BCUT2D eigenvalue weighted by molar-refractivity contribution is 9.10. The van der Waals surface area contributed by atoms with Crippen LogP contribution in [0.5, 0.6) is 11.5 Å². The topological polar surface area (TPSA) is 30.5 Å². The summed E-state index contributed by atoms with van der Waals surface area (Å²) < 4.78 is 25.1. The second kappa shape index (κ2) is 5.93. The number of anilines is 1. The molecule has 21 heavy (non-hydrogen) atoms. The van der Waals surface area contributed by atoms with Gasteiger partial charge in [-0.05, 0) is 29.8 Å². The highest BCUT2D eigenvalue weighted by atomic mass is 79.9. The molecule has 1 aliphatic heterocycles. The molecule has 0 aromatic heterocycles. The van der Waals surface area contributed by atoms with Gasteiger partial charge in [-0.15, -0.1) is 0 Å². The van der Waals surface area contributed by atoms with E-state index in [1.54, 1.807) is 12.1 Å². The Morgan fingerprint density at radius 2 is 2.19 bits per heavy atom. The summed E-state index contributed by atoms with van der Waals surface area (Å²) in [5, 5.41) is 3.27. The van der Waals surface area contributed by atoms with Crippen LogP contribution in [0.3, 0.4) is 0 Å². The van der Waals surface area contributed by atoms with Crippen LogP contribution < -0.4 is 14.8 Å². The van der Waals surface area contributed by atoms with Gasteiger partial charge in [0.2, 0.25) is 0 Å². The molecule has 0 saturated heterocycles. The Balaban J connectivity index is 1.79. The summed E-state index contributed by atoms with van der Waals surface area (Å²) in [6.45, 7) is 1.33. The molecule has 110 valence electrons. The van der Waals surface area contributed by atoms with Crippen molar-refractivity contribution in [3.05, 3.63) is 51.7 Å². The van der Waals surface area contributed by atoms with Gasteiger partial charge in [0.1, 0.15) is 5.75 Å². The van der Waals surface area contributed by atoms with E-state index in [-0.39, 0.29) is 11.6 Å². The summed E-state index contributed by atoms with van der Waals surface area (Å²) >= 11 is 3.52. The number of methoxy groups -OCH3 is 1. The number of benzene rings is 2. The highest BCUT2D eigenvalue weighted by Gasteiger charge is 2.17. The molecule has 1 heterocycles. The predicted molar refractivity (Wildman–Crippen MR) is 83.6 cm³/mol. The van der Waals surface area contributed by atoms with Crippen molar-refractivity contribution < 1.29 is 13.9 Å². The van der Waals surface area contributed by atoms with Crippen LogP contribution in [0.25, 0.3) is 0 Å². The van der Waals surface area contributed by atoms with Crippen LogP contribution in [0.4, 0.5) is 10.1 Å². The van der Waals surface area contributed by atoms with Crippen molar-refractivity contribution in [1.82, 2.24) is 0 Å². The molecule has 0 aliphatic carbocycles. The molecule has 0 fully saturated rings. The number of ether oxygens (including phenoxy) is 2. The third-order valence-corrected chi connectivity index (χ3v) is 3.92. The van der Waals surface area contributed by atoms with Crippen LogP contribution in [-0.2, 0) is 13.0 Å². The minimum atomic E-state index is -0.366. The molecule has 1 N–H and O–H groups in total. The van der Waals surface area contributed by atoms with Gasteiger partial charge in [-0.2, -0.15) is 0 Å². The van der Waals surface area contributed by atoms with Gasteiger partial charge in [-0.3, -0.25) is 0 Å². The second-order valence-corrected chi connectivity index (χ2v) is 5.77. The number of nitrogens with one attached hydrogen (secondary N) is 1. The van der Waals surface area contributed by atoms with E-state index >= 15 is 0 Å². The molecule has 0 bridgehead atoms. The molecule has 5 heteroatoms. The molecule has 1 aliphatic rings. The maximum atomic E-state index is 13.4. The Hall–Kier alpha value is -1.75. The monoisotopic (exact) mass is 351 g/mol. The SMILES string of the molecule is COc1cc(NCc2cc(Br)cc3c2OCC3)ccc1F. The Morgan fingerprint density at radius 3 is 3.00 bits per heavy atom. The van der Waals surface area contributed by atoms with Crippen molar-refractivity contribution in [2.45, 2.75) is 13.0 Å². The zero-order valence-electron chi connectivity index (χ0n) is 11.6. The van der Waals surface area contributed by atoms with Crippen molar-refractivity contribution in [2.75, 3.05) is 19.0 Å². The largest absolute Gasteiger partial charge is 0.494 e. The third-order valence-electron chi connectivity index (χ3n) is 3.46. The average Bonchev–Trinajstić information content (AvgIpc) is 2.94. The Labute approximate surface area is 131 Å². The molecule has 0 amide bonds. The average molecular weight is 352 g/mol. The third kappa shape index (κ3) is 2.97. The number of halogens is 2. The van der Waals surface area contributed by atoms with E-state index < -0.39 is 0 Å². The van der Waals surface area contributed by atoms with Gasteiger partial charge >= 0.3 is 0 Å². The summed E-state index contributed by atoms with van der Waals surface area (Å²) in [6, 6.07) is 8.86. The fraction of sp³-hybridized carbons (Fsp3) is 0.250. The van der Waals surface area contributed by atoms with E-state index in [1.165, 1.54) is 18.7 Å². The second-order valence-electron chi connectivity index (χ2n) is 4.85. The highest BCUT2D eigenvalue weighted by Crippen LogP contribution is 2.33. The van der Waals surface area contributed by atoms with E-state index in [9.17, 15) is 4.39 Å². The minimum absolute atomic E-state index is 0.232. The molecule has 2 aromatic carbocycles. The fourth-order valence-corrected chi connectivity index (χ4v) is 3.00. The first-order valence-corrected chi connectivity index (χ1v) is 7.48. The van der Waals surface area contributed by atoms with E-state index in [1.807, 2.05) is 6.07 Å². The van der Waals surface area contributed by atoms with Crippen LogP contribution in [0, 0.1) is 5.82 Å². The van der Waals surface area contributed by atoms with Crippen molar-refractivity contribution in [3.8, 4) is 11.5 Å². The molecular formula is C16H15BrFNO2. The summed E-state index contributed by atoms with van der Waals surface area (Å²) in [7, 11) is 1.46. The first-order chi connectivity index (χ1) is 10.2. The smallest absolute Gasteiger partial charge is 0.165 e. The van der Waals surface area contributed by atoms with Gasteiger partial charge < -0.3 is 14.8 Å². The van der Waals surface area contributed by atoms with Crippen molar-refractivity contribution >= 4 is 21.6 Å². The standard InChI is InChI=1S/C16H15BrFNO2/c1-20-15-8-13(2-3-14(15)18)19-9-11-7-12(17)6-10-4-5-21-16(10)11/h2-3,6-8,19H,4-5,9H2,1H3. The van der Waals surface area contributed by atoms with Crippen molar-refractivity contribution in [1.29, 1.82) is 0 Å². The molecule has 3 rings (SSSR count). The quantitative estimate of drug-likeness (QED) is 0.897. The van der Waals surface area contributed by atoms with Gasteiger partial charge in [-0.25, -0.2) is 4.39 Å². The summed E-state index contributed by atoms with van der Waals surface area (Å²) in [5.74, 6) is 0.824. The zero-order chi connectivity index (χ0) is 14.8. The van der Waals surface area contributed by atoms with Crippen LogP contribution >= 0.6 is 15.9 Å². The van der Waals surface area contributed by atoms with Gasteiger partial charge in [0.15, 0.2) is 11.6 Å². The van der Waals surface area contributed by atoms with Crippen molar-refractivity contribution in [2.24, 2.45) is 0 Å². The van der Waals surface area contributed by atoms with E-state index in [0.29, 0.717) is 6.54 Å². The van der Waals surface area contributed by atoms with Crippen LogP contribution in [0.1, 0.15) is 11.1 Å². The summed E-state index contributed by atoms with van der Waals surface area (Å²) in [4.78, 5) is 0. The van der Waals surface area contributed by atoms with Gasteiger partial charge in [0.25, 0.3) is 0 Å². The maximum Gasteiger partial charge on any atom is 0.165 e. The van der Waals surface area contributed by atoms with Crippen LogP contribution in [0.15, 0.2) is 34.8 Å². The first kappa shape index (κ1) is 14.2. The Morgan fingerprint density at radius 1 is 1.33 bits per heavy atom. The molecule has 0 spiro atoms. The van der Waals surface area contributed by atoms with Crippen LogP contribution in [0.2, 0.25) is 0 Å². The normalized spacial score (nSPS) is 12.7. The Bertz CT molecular complexity index is 676. The number of hydrogen-bond acceptors (Lipinski definition) is 3. The van der Waals surface area contributed by atoms with Gasteiger partial charge in [-0.1, -0.05) is 15.9 Å². The van der Waals surface area contributed by atoms with Crippen LogP contribution in [-0.4, -0.2) is 13.7 Å². The zero-order valence-corrected chi connectivity index (χ0v) is 13.2. The molecule has 0 unspecified atom stereocenters. The molecule has 0 atom stereocenters. The number of hydrogen-bond donors (Lipinski definition) is 1. The Kier molecular flexibility index (Phi) is 4.01. The lowest BCUT2D eigenvalue weighted by Crippen LogP contribution is -2.02. The lowest BCUT2D eigenvalue weighted by molar-refractivity contribution is 0.354. The first-order valence-electron chi connectivity index (χ1n) is 6.69. The molecule has 0 radical (unpaired) electrons. The minimum Gasteiger partial charge on any atom is -0.494 e. The molecular weight excluding hydrogens is 337 g/mol.